The number of carbonyl (C=O) groups excluding carboxylic acids is 2. The smallest absolute Gasteiger partial charge is 0.264 e. The van der Waals surface area contributed by atoms with Crippen molar-refractivity contribution in [3.63, 3.8) is 0 Å². The van der Waals surface area contributed by atoms with Crippen LogP contribution in [-0.4, -0.2) is 43.8 Å². The highest BCUT2D eigenvalue weighted by atomic mass is 32.2. The average Bonchev–Trinajstić information content (AvgIpc) is 3.56. The second kappa shape index (κ2) is 14.7. The first-order chi connectivity index (χ1) is 22.1. The van der Waals surface area contributed by atoms with E-state index in [1.165, 1.54) is 47.4 Å². The number of nitrogens with one attached hydrogen (secondary N) is 1. The van der Waals surface area contributed by atoms with E-state index in [-0.39, 0.29) is 35.2 Å². The van der Waals surface area contributed by atoms with E-state index in [0.717, 1.165) is 53.2 Å². The summed E-state index contributed by atoms with van der Waals surface area (Å²) in [6.45, 7) is 0.836. The van der Waals surface area contributed by atoms with Crippen LogP contribution in [0.1, 0.15) is 42.4 Å². The van der Waals surface area contributed by atoms with Crippen molar-refractivity contribution >= 4 is 27.5 Å². The molecule has 0 unspecified atom stereocenters. The second-order valence-electron chi connectivity index (χ2n) is 11.6. The van der Waals surface area contributed by atoms with Gasteiger partial charge in [0.15, 0.2) is 0 Å². The van der Waals surface area contributed by atoms with Gasteiger partial charge in [-0.15, -0.1) is 0 Å². The minimum Gasteiger partial charge on any atom is -0.352 e. The Labute approximate surface area is 268 Å². The molecule has 0 aliphatic heterocycles. The van der Waals surface area contributed by atoms with Gasteiger partial charge in [0.05, 0.1) is 10.6 Å². The monoisotopic (exact) mass is 645 g/mol. The fourth-order valence-electron chi connectivity index (χ4n) is 5.71. The molecule has 10 heteroatoms. The molecule has 1 fully saturated rings. The second-order valence-corrected chi connectivity index (χ2v) is 13.5. The number of hydrogen-bond acceptors (Lipinski definition) is 4. The molecule has 2 amide bonds. The SMILES string of the molecule is Cc1ccc(S(=O)(=O)N(CC(=O)N(Cc2ccccc2F)[C@H](Cc2ccccc2)C(=O)NC2CCCC2)c2ccc(F)cc2)cc1. The third kappa shape index (κ3) is 7.98. The van der Waals surface area contributed by atoms with Crippen LogP contribution in [-0.2, 0) is 32.6 Å². The fraction of sp³-hybridized carbons (Fsp3) is 0.278. The molecule has 4 aromatic rings. The molecular weight excluding hydrogens is 608 g/mol. The third-order valence-electron chi connectivity index (χ3n) is 8.27. The Balaban J connectivity index is 1.57. The van der Waals surface area contributed by atoms with Gasteiger partial charge in [0.1, 0.15) is 24.2 Å². The number of benzene rings is 4. The number of anilines is 1. The van der Waals surface area contributed by atoms with E-state index in [2.05, 4.69) is 5.32 Å². The zero-order valence-corrected chi connectivity index (χ0v) is 26.4. The van der Waals surface area contributed by atoms with Crippen LogP contribution in [0.15, 0.2) is 108 Å². The highest BCUT2D eigenvalue weighted by Crippen LogP contribution is 2.26. The number of carbonyl (C=O) groups is 2. The summed E-state index contributed by atoms with van der Waals surface area (Å²) >= 11 is 0. The Morgan fingerprint density at radius 2 is 1.48 bits per heavy atom. The standard InChI is InChI=1S/C36H37F2N3O4S/c1-26-15-21-32(22-16-26)46(44,45)41(31-19-17-29(37)18-20-31)25-35(42)40(24-28-11-5-8-14-33(28)38)34(23-27-9-3-2-4-10-27)36(43)39-30-12-6-7-13-30/h2-5,8-11,14-22,30,34H,6-7,12-13,23-25H2,1H3,(H,39,43)/t34-/m1/s1. The van der Waals surface area contributed by atoms with Crippen LogP contribution in [0, 0.1) is 18.6 Å². The normalized spacial score (nSPS) is 14.1. The first kappa shape index (κ1) is 32.8. The zero-order chi connectivity index (χ0) is 32.7. The Morgan fingerprint density at radius 3 is 2.13 bits per heavy atom. The molecule has 0 saturated heterocycles. The molecule has 46 heavy (non-hydrogen) atoms. The summed E-state index contributed by atoms with van der Waals surface area (Å²) < 4.78 is 58.0. The Kier molecular flexibility index (Phi) is 10.5. The maximum absolute atomic E-state index is 15.1. The van der Waals surface area contributed by atoms with Crippen LogP contribution in [0.3, 0.4) is 0 Å². The summed E-state index contributed by atoms with van der Waals surface area (Å²) in [5.41, 5.74) is 1.87. The first-order valence-electron chi connectivity index (χ1n) is 15.3. The largest absolute Gasteiger partial charge is 0.352 e. The van der Waals surface area contributed by atoms with Crippen LogP contribution in [0.4, 0.5) is 14.5 Å². The van der Waals surface area contributed by atoms with Gasteiger partial charge in [-0.1, -0.05) is 79.1 Å². The number of hydrogen-bond donors (Lipinski definition) is 1. The molecular formula is C36H37F2N3O4S. The van der Waals surface area contributed by atoms with Crippen LogP contribution in [0.2, 0.25) is 0 Å². The van der Waals surface area contributed by atoms with Crippen molar-refractivity contribution in [2.75, 3.05) is 10.8 Å². The molecule has 1 saturated carbocycles. The number of aryl methyl sites for hydroxylation is 1. The van der Waals surface area contributed by atoms with Crippen molar-refractivity contribution in [2.45, 2.75) is 62.6 Å². The van der Waals surface area contributed by atoms with E-state index >= 15 is 4.39 Å². The number of nitrogens with zero attached hydrogens (tertiary/aromatic N) is 2. The first-order valence-corrected chi connectivity index (χ1v) is 16.8. The topological polar surface area (TPSA) is 86.8 Å². The summed E-state index contributed by atoms with van der Waals surface area (Å²) in [5.74, 6) is -2.24. The Hall–Kier alpha value is -4.57. The van der Waals surface area contributed by atoms with E-state index in [9.17, 15) is 22.4 Å². The Morgan fingerprint density at radius 1 is 0.848 bits per heavy atom. The zero-order valence-electron chi connectivity index (χ0n) is 25.6. The lowest BCUT2D eigenvalue weighted by atomic mass is 10.0. The van der Waals surface area contributed by atoms with Crippen molar-refractivity contribution in [3.05, 3.63) is 131 Å². The summed E-state index contributed by atoms with van der Waals surface area (Å²) in [6.07, 6.45) is 3.72. The Bertz CT molecular complexity index is 1740. The van der Waals surface area contributed by atoms with Crippen molar-refractivity contribution in [2.24, 2.45) is 0 Å². The highest BCUT2D eigenvalue weighted by molar-refractivity contribution is 7.92. The average molecular weight is 646 g/mol. The summed E-state index contributed by atoms with van der Waals surface area (Å²) in [6, 6.07) is 25.0. The number of sulfonamides is 1. The molecule has 7 nitrogen and oxygen atoms in total. The predicted octanol–water partition coefficient (Wildman–Crippen LogP) is 6.17. The van der Waals surface area contributed by atoms with Gasteiger partial charge in [0.2, 0.25) is 11.8 Å². The lowest BCUT2D eigenvalue weighted by Crippen LogP contribution is -2.54. The molecule has 0 spiro atoms. The maximum Gasteiger partial charge on any atom is 0.264 e. The van der Waals surface area contributed by atoms with Gasteiger partial charge in [0, 0.05) is 24.6 Å². The van der Waals surface area contributed by atoms with Gasteiger partial charge >= 0.3 is 0 Å². The lowest BCUT2D eigenvalue weighted by molar-refractivity contribution is -0.140. The van der Waals surface area contributed by atoms with E-state index in [0.29, 0.717) is 0 Å². The van der Waals surface area contributed by atoms with Crippen molar-refractivity contribution in [1.29, 1.82) is 0 Å². The van der Waals surface area contributed by atoms with Crippen LogP contribution >= 0.6 is 0 Å². The number of halogens is 2. The van der Waals surface area contributed by atoms with Crippen LogP contribution in [0.25, 0.3) is 0 Å². The van der Waals surface area contributed by atoms with Crippen LogP contribution < -0.4 is 9.62 Å². The third-order valence-corrected chi connectivity index (χ3v) is 10.1. The van der Waals surface area contributed by atoms with E-state index < -0.39 is 46.1 Å². The van der Waals surface area contributed by atoms with E-state index in [1.54, 1.807) is 18.2 Å². The van der Waals surface area contributed by atoms with E-state index in [4.69, 9.17) is 0 Å². The van der Waals surface area contributed by atoms with Crippen molar-refractivity contribution in [3.8, 4) is 0 Å². The van der Waals surface area contributed by atoms with Crippen molar-refractivity contribution in [1.82, 2.24) is 10.2 Å². The summed E-state index contributed by atoms with van der Waals surface area (Å²) in [5, 5.41) is 3.09. The number of amides is 2. The van der Waals surface area contributed by atoms with Gasteiger partial charge in [-0.05, 0) is 67.8 Å². The molecule has 0 bridgehead atoms. The molecule has 0 heterocycles. The minimum atomic E-state index is -4.33. The summed E-state index contributed by atoms with van der Waals surface area (Å²) in [4.78, 5) is 29.7. The molecule has 5 rings (SSSR count). The van der Waals surface area contributed by atoms with E-state index in [1.807, 2.05) is 37.3 Å². The maximum atomic E-state index is 15.1. The van der Waals surface area contributed by atoms with Crippen LogP contribution in [0.5, 0.6) is 0 Å². The fourth-order valence-corrected chi connectivity index (χ4v) is 7.12. The van der Waals surface area contributed by atoms with Gasteiger partial charge in [0.25, 0.3) is 10.0 Å². The molecule has 4 aromatic carbocycles. The highest BCUT2D eigenvalue weighted by Gasteiger charge is 2.36. The van der Waals surface area contributed by atoms with Gasteiger partial charge in [-0.3, -0.25) is 13.9 Å². The molecule has 1 aliphatic rings. The van der Waals surface area contributed by atoms with Crippen molar-refractivity contribution < 1.29 is 26.8 Å². The molecule has 1 N–H and O–H groups in total. The molecule has 0 aromatic heterocycles. The molecule has 1 aliphatic carbocycles. The quantitative estimate of drug-likeness (QED) is 0.200. The minimum absolute atomic E-state index is 0.0474. The van der Waals surface area contributed by atoms with Gasteiger partial charge in [-0.2, -0.15) is 0 Å². The van der Waals surface area contributed by atoms with Gasteiger partial charge in [-0.25, -0.2) is 17.2 Å². The predicted molar refractivity (Wildman–Crippen MR) is 173 cm³/mol. The van der Waals surface area contributed by atoms with Gasteiger partial charge < -0.3 is 10.2 Å². The molecule has 240 valence electrons. The molecule has 0 radical (unpaired) electrons. The lowest BCUT2D eigenvalue weighted by Gasteiger charge is -2.34. The summed E-state index contributed by atoms with van der Waals surface area (Å²) in [7, 11) is -4.33. The molecule has 1 atom stereocenters. The number of rotatable bonds is 12.